The third-order valence-corrected chi connectivity index (χ3v) is 4.16. The third kappa shape index (κ3) is 3.26. The highest BCUT2D eigenvalue weighted by molar-refractivity contribution is 7.98. The molecule has 2 rings (SSSR count). The summed E-state index contributed by atoms with van der Waals surface area (Å²) in [6.07, 6.45) is 5.17. The van der Waals surface area contributed by atoms with Gasteiger partial charge in [0.2, 0.25) is 0 Å². The van der Waals surface area contributed by atoms with Crippen LogP contribution in [0, 0.1) is 11.6 Å². The standard InChI is InChI=1S/C14H17ClF2N2S/c1-20-8-4-2-3-7-19-12(9-15)18-11-6-5-10(16)13(17)14(11)19/h5-6H,2-4,7-9H2,1H3. The summed E-state index contributed by atoms with van der Waals surface area (Å²) in [6, 6.07) is 2.60. The predicted octanol–water partition coefficient (Wildman–Crippen LogP) is 4.59. The quantitative estimate of drug-likeness (QED) is 0.549. The average Bonchev–Trinajstić information content (AvgIpc) is 2.81. The molecule has 1 aromatic heterocycles. The van der Waals surface area contributed by atoms with Gasteiger partial charge in [0.05, 0.1) is 11.4 Å². The number of thioether (sulfide) groups is 1. The highest BCUT2D eigenvalue weighted by Crippen LogP contribution is 2.23. The van der Waals surface area contributed by atoms with Crippen LogP contribution < -0.4 is 0 Å². The number of rotatable bonds is 7. The second-order valence-corrected chi connectivity index (χ2v) is 5.85. The maximum absolute atomic E-state index is 14.0. The highest BCUT2D eigenvalue weighted by atomic mass is 35.5. The van der Waals surface area contributed by atoms with Gasteiger partial charge in [0, 0.05) is 6.54 Å². The number of alkyl halides is 1. The first-order valence-corrected chi connectivity index (χ1v) is 8.50. The predicted molar refractivity (Wildman–Crippen MR) is 81.4 cm³/mol. The Morgan fingerprint density at radius 2 is 2.05 bits per heavy atom. The molecular formula is C14H17ClF2N2S. The van der Waals surface area contributed by atoms with Crippen molar-refractivity contribution in [3.63, 3.8) is 0 Å². The lowest BCUT2D eigenvalue weighted by atomic mass is 10.2. The van der Waals surface area contributed by atoms with Crippen molar-refractivity contribution in [2.24, 2.45) is 0 Å². The van der Waals surface area contributed by atoms with Crippen LogP contribution in [-0.4, -0.2) is 21.6 Å². The van der Waals surface area contributed by atoms with E-state index in [9.17, 15) is 8.78 Å². The summed E-state index contributed by atoms with van der Waals surface area (Å²) < 4.78 is 29.0. The van der Waals surface area contributed by atoms with Gasteiger partial charge in [0.25, 0.3) is 0 Å². The van der Waals surface area contributed by atoms with E-state index in [4.69, 9.17) is 11.6 Å². The van der Waals surface area contributed by atoms with Crippen LogP contribution in [0.5, 0.6) is 0 Å². The molecule has 0 aliphatic heterocycles. The molecule has 0 unspecified atom stereocenters. The van der Waals surface area contributed by atoms with Crippen molar-refractivity contribution in [2.75, 3.05) is 12.0 Å². The van der Waals surface area contributed by atoms with Gasteiger partial charge in [-0.25, -0.2) is 13.8 Å². The minimum atomic E-state index is -0.845. The van der Waals surface area contributed by atoms with Crippen LogP contribution in [0.25, 0.3) is 11.0 Å². The van der Waals surface area contributed by atoms with Gasteiger partial charge in [0.15, 0.2) is 11.6 Å². The molecule has 0 aliphatic rings. The van der Waals surface area contributed by atoms with Crippen LogP contribution in [0.15, 0.2) is 12.1 Å². The van der Waals surface area contributed by atoms with E-state index in [2.05, 4.69) is 11.2 Å². The third-order valence-electron chi connectivity index (χ3n) is 3.23. The first kappa shape index (κ1) is 15.6. The van der Waals surface area contributed by atoms with Crippen molar-refractivity contribution >= 4 is 34.4 Å². The van der Waals surface area contributed by atoms with Crippen LogP contribution in [0.1, 0.15) is 25.1 Å². The fraction of sp³-hybridized carbons (Fsp3) is 0.500. The number of halogens is 3. The zero-order valence-corrected chi connectivity index (χ0v) is 12.9. The monoisotopic (exact) mass is 318 g/mol. The molecule has 2 aromatic rings. The summed E-state index contributed by atoms with van der Waals surface area (Å²) in [5.74, 6) is 0.227. The Bertz CT molecular complexity index is 586. The summed E-state index contributed by atoms with van der Waals surface area (Å²) >= 11 is 7.67. The average molecular weight is 319 g/mol. The van der Waals surface area contributed by atoms with Gasteiger partial charge in [0.1, 0.15) is 11.3 Å². The first-order valence-electron chi connectivity index (χ1n) is 6.57. The molecule has 0 spiro atoms. The molecule has 0 aliphatic carbocycles. The Hall–Kier alpha value is -0.810. The summed E-state index contributed by atoms with van der Waals surface area (Å²) in [6.45, 7) is 0.618. The molecule has 6 heteroatoms. The largest absolute Gasteiger partial charge is 0.324 e. The van der Waals surface area contributed by atoms with E-state index >= 15 is 0 Å². The minimum absolute atomic E-state index is 0.195. The van der Waals surface area contributed by atoms with Gasteiger partial charge < -0.3 is 4.57 Å². The van der Waals surface area contributed by atoms with E-state index in [0.717, 1.165) is 31.1 Å². The van der Waals surface area contributed by atoms with E-state index in [-0.39, 0.29) is 11.4 Å². The Balaban J connectivity index is 2.23. The lowest BCUT2D eigenvalue weighted by molar-refractivity contribution is 0.508. The van der Waals surface area contributed by atoms with Crippen LogP contribution in [0.2, 0.25) is 0 Å². The lowest BCUT2D eigenvalue weighted by Gasteiger charge is -2.08. The number of imidazole rings is 1. The molecule has 1 heterocycles. The summed E-state index contributed by atoms with van der Waals surface area (Å²) in [4.78, 5) is 4.27. The van der Waals surface area contributed by atoms with Crippen molar-refractivity contribution in [3.8, 4) is 0 Å². The Morgan fingerprint density at radius 3 is 2.75 bits per heavy atom. The molecule has 0 atom stereocenters. The number of unbranched alkanes of at least 4 members (excludes halogenated alkanes) is 2. The molecular weight excluding hydrogens is 302 g/mol. The normalized spacial score (nSPS) is 11.4. The van der Waals surface area contributed by atoms with Crippen molar-refractivity contribution in [1.82, 2.24) is 9.55 Å². The first-order chi connectivity index (χ1) is 9.69. The molecule has 0 amide bonds. The second kappa shape index (κ2) is 7.27. The second-order valence-electron chi connectivity index (χ2n) is 4.60. The van der Waals surface area contributed by atoms with Crippen LogP contribution in [-0.2, 0) is 12.4 Å². The summed E-state index contributed by atoms with van der Waals surface area (Å²) in [5.41, 5.74) is 0.689. The minimum Gasteiger partial charge on any atom is -0.324 e. The van der Waals surface area contributed by atoms with E-state index in [1.165, 1.54) is 6.07 Å². The Labute approximate surface area is 126 Å². The topological polar surface area (TPSA) is 17.8 Å². The van der Waals surface area contributed by atoms with Gasteiger partial charge in [-0.2, -0.15) is 11.8 Å². The van der Waals surface area contributed by atoms with Gasteiger partial charge in [-0.15, -0.1) is 11.6 Å². The molecule has 2 nitrogen and oxygen atoms in total. The SMILES string of the molecule is CSCCCCCn1c(CCl)nc2ccc(F)c(F)c21. The smallest absolute Gasteiger partial charge is 0.184 e. The fourth-order valence-electron chi connectivity index (χ4n) is 2.24. The van der Waals surface area contributed by atoms with E-state index in [1.807, 2.05) is 11.8 Å². The molecule has 0 fully saturated rings. The van der Waals surface area contributed by atoms with Gasteiger partial charge in [-0.1, -0.05) is 6.42 Å². The van der Waals surface area contributed by atoms with Gasteiger partial charge in [-0.3, -0.25) is 0 Å². The molecule has 0 radical (unpaired) electrons. The van der Waals surface area contributed by atoms with Crippen LogP contribution in [0.4, 0.5) is 8.78 Å². The fourth-order valence-corrected chi connectivity index (χ4v) is 2.94. The maximum Gasteiger partial charge on any atom is 0.184 e. The number of aromatic nitrogens is 2. The summed E-state index contributed by atoms with van der Waals surface area (Å²) in [7, 11) is 0. The van der Waals surface area contributed by atoms with Gasteiger partial charge in [-0.05, 0) is 37.0 Å². The molecule has 110 valence electrons. The number of nitrogens with zero attached hydrogens (tertiary/aromatic N) is 2. The molecule has 0 N–H and O–H groups in total. The van der Waals surface area contributed by atoms with Gasteiger partial charge >= 0.3 is 0 Å². The van der Waals surface area contributed by atoms with E-state index < -0.39 is 11.6 Å². The molecule has 0 bridgehead atoms. The van der Waals surface area contributed by atoms with Crippen molar-refractivity contribution in [3.05, 3.63) is 29.6 Å². The van der Waals surface area contributed by atoms with Crippen LogP contribution in [0.3, 0.4) is 0 Å². The number of benzene rings is 1. The highest BCUT2D eigenvalue weighted by Gasteiger charge is 2.16. The number of aryl methyl sites for hydroxylation is 1. The lowest BCUT2D eigenvalue weighted by Crippen LogP contribution is -2.04. The molecule has 0 saturated carbocycles. The zero-order chi connectivity index (χ0) is 14.5. The zero-order valence-electron chi connectivity index (χ0n) is 11.3. The number of hydrogen-bond donors (Lipinski definition) is 0. The Morgan fingerprint density at radius 1 is 1.25 bits per heavy atom. The van der Waals surface area contributed by atoms with E-state index in [1.54, 1.807) is 4.57 Å². The Kier molecular flexibility index (Phi) is 5.66. The molecule has 0 saturated heterocycles. The van der Waals surface area contributed by atoms with Crippen molar-refractivity contribution in [2.45, 2.75) is 31.7 Å². The number of hydrogen-bond acceptors (Lipinski definition) is 2. The van der Waals surface area contributed by atoms with Crippen molar-refractivity contribution < 1.29 is 8.78 Å². The maximum atomic E-state index is 14.0. The van der Waals surface area contributed by atoms with E-state index in [0.29, 0.717) is 17.9 Å². The number of fused-ring (bicyclic) bond motifs is 1. The van der Waals surface area contributed by atoms with Crippen LogP contribution >= 0.6 is 23.4 Å². The molecule has 20 heavy (non-hydrogen) atoms. The van der Waals surface area contributed by atoms with Crippen molar-refractivity contribution in [1.29, 1.82) is 0 Å². The summed E-state index contributed by atoms with van der Waals surface area (Å²) in [5, 5.41) is 0. The molecule has 1 aromatic carbocycles.